The topological polar surface area (TPSA) is 79.3 Å². The molecule has 7 heteroatoms. The Kier molecular flexibility index (Phi) is 5.01. The van der Waals surface area contributed by atoms with Crippen LogP contribution in [0.1, 0.15) is 33.2 Å². The molecule has 1 heterocycles. The van der Waals surface area contributed by atoms with Gasteiger partial charge >= 0.3 is 0 Å². The predicted molar refractivity (Wildman–Crippen MR) is 87.7 cm³/mol. The van der Waals surface area contributed by atoms with E-state index in [1.165, 1.54) is 17.5 Å². The minimum atomic E-state index is -3.68. The van der Waals surface area contributed by atoms with E-state index in [9.17, 15) is 13.5 Å². The summed E-state index contributed by atoms with van der Waals surface area (Å²) in [5.74, 6) is 0. The number of hydrogen-bond donors (Lipinski definition) is 2. The largest absolute Gasteiger partial charge is 0.386 e. The van der Waals surface area contributed by atoms with Crippen molar-refractivity contribution in [3.05, 3.63) is 44.9 Å². The fourth-order valence-corrected chi connectivity index (χ4v) is 4.59. The van der Waals surface area contributed by atoms with Crippen LogP contribution in [0.15, 0.2) is 22.7 Å². The lowest BCUT2D eigenvalue weighted by atomic mass is 10.0. The Hall–Kier alpha value is -1.28. The number of aliphatic hydroxyl groups is 1. The summed E-state index contributed by atoms with van der Waals surface area (Å²) in [6.07, 6.45) is 0.644. The van der Waals surface area contributed by atoms with Gasteiger partial charge in [0, 0.05) is 12.7 Å². The molecule has 5 nitrogen and oxygen atoms in total. The molecule has 120 valence electrons. The molecule has 0 fully saturated rings. The normalized spacial score (nSPS) is 13.3. The quantitative estimate of drug-likeness (QED) is 0.876. The summed E-state index contributed by atoms with van der Waals surface area (Å²) in [4.78, 5) is 4.82. The van der Waals surface area contributed by atoms with Gasteiger partial charge in [0.15, 0.2) is 0 Å². The first kappa shape index (κ1) is 17.1. The molecule has 0 aliphatic carbocycles. The van der Waals surface area contributed by atoms with Gasteiger partial charge in [-0.1, -0.05) is 6.07 Å². The van der Waals surface area contributed by atoms with E-state index in [4.69, 9.17) is 0 Å². The van der Waals surface area contributed by atoms with Crippen LogP contribution in [0.2, 0.25) is 0 Å². The molecular formula is C15H20N2O3S2. The minimum absolute atomic E-state index is 0.0730. The number of nitrogens with one attached hydrogen (secondary N) is 1. The van der Waals surface area contributed by atoms with Crippen molar-refractivity contribution in [2.24, 2.45) is 0 Å². The maximum absolute atomic E-state index is 12.6. The minimum Gasteiger partial charge on any atom is -0.386 e. The average molecular weight is 340 g/mol. The molecule has 0 saturated carbocycles. The van der Waals surface area contributed by atoms with Crippen LogP contribution >= 0.6 is 11.3 Å². The molecule has 0 amide bonds. The molecule has 2 rings (SSSR count). The standard InChI is InChI=1S/C15H20N2O3S2/c1-9-5-10(2)12(4)15(11(9)3)22(19,20)17-6-13(18)14-7-16-8-21-14/h5,7-8,13,17-18H,6H2,1-4H3. The lowest BCUT2D eigenvalue weighted by molar-refractivity contribution is 0.185. The molecule has 0 spiro atoms. The fraction of sp³-hybridized carbons (Fsp3) is 0.400. The molecule has 0 saturated heterocycles. The van der Waals surface area contributed by atoms with Gasteiger partial charge in [-0.05, 0) is 49.9 Å². The Balaban J connectivity index is 2.28. The Morgan fingerprint density at radius 2 is 1.82 bits per heavy atom. The third-order valence-electron chi connectivity index (χ3n) is 3.81. The zero-order valence-corrected chi connectivity index (χ0v) is 14.7. The first-order valence-electron chi connectivity index (χ1n) is 6.87. The van der Waals surface area contributed by atoms with E-state index in [-0.39, 0.29) is 6.54 Å². The van der Waals surface area contributed by atoms with Crippen molar-refractivity contribution in [1.29, 1.82) is 0 Å². The third kappa shape index (κ3) is 3.38. The summed E-state index contributed by atoms with van der Waals surface area (Å²) in [5.41, 5.74) is 4.95. The van der Waals surface area contributed by atoms with Gasteiger partial charge in [0.1, 0.15) is 6.10 Å². The Bertz CT molecular complexity index is 742. The summed E-state index contributed by atoms with van der Waals surface area (Å²) in [6, 6.07) is 1.98. The zero-order chi connectivity index (χ0) is 16.5. The fourth-order valence-electron chi connectivity index (χ4n) is 2.34. The van der Waals surface area contributed by atoms with E-state index >= 15 is 0 Å². The monoisotopic (exact) mass is 340 g/mol. The maximum Gasteiger partial charge on any atom is 0.241 e. The first-order valence-corrected chi connectivity index (χ1v) is 9.24. The Labute approximate surface area is 135 Å². The molecule has 2 N–H and O–H groups in total. The number of aryl methyl sites for hydroxylation is 2. The molecule has 1 atom stereocenters. The number of aliphatic hydroxyl groups excluding tert-OH is 1. The average Bonchev–Trinajstić information content (AvgIpc) is 2.97. The second-order valence-corrected chi connectivity index (χ2v) is 7.98. The number of nitrogens with zero attached hydrogens (tertiary/aromatic N) is 1. The van der Waals surface area contributed by atoms with Crippen LogP contribution in [0.5, 0.6) is 0 Å². The summed E-state index contributed by atoms with van der Waals surface area (Å²) < 4.78 is 27.7. The highest BCUT2D eigenvalue weighted by atomic mass is 32.2. The van der Waals surface area contributed by atoms with Crippen LogP contribution in [0.3, 0.4) is 0 Å². The van der Waals surface area contributed by atoms with Crippen LogP contribution in [0.4, 0.5) is 0 Å². The highest BCUT2D eigenvalue weighted by Crippen LogP contribution is 2.26. The van der Waals surface area contributed by atoms with Gasteiger partial charge in [-0.3, -0.25) is 4.98 Å². The van der Waals surface area contributed by atoms with Crippen molar-refractivity contribution >= 4 is 21.4 Å². The van der Waals surface area contributed by atoms with E-state index in [1.54, 1.807) is 19.4 Å². The van der Waals surface area contributed by atoms with Crippen molar-refractivity contribution in [2.45, 2.75) is 38.7 Å². The van der Waals surface area contributed by atoms with E-state index in [1.807, 2.05) is 19.9 Å². The lowest BCUT2D eigenvalue weighted by Crippen LogP contribution is -2.29. The smallest absolute Gasteiger partial charge is 0.241 e. The van der Waals surface area contributed by atoms with Crippen LogP contribution in [-0.2, 0) is 10.0 Å². The van der Waals surface area contributed by atoms with Gasteiger partial charge in [0.25, 0.3) is 0 Å². The molecule has 0 radical (unpaired) electrons. The van der Waals surface area contributed by atoms with Crippen molar-refractivity contribution in [2.75, 3.05) is 6.54 Å². The number of thiazole rings is 1. The molecule has 0 aliphatic rings. The van der Waals surface area contributed by atoms with Crippen molar-refractivity contribution in [3.63, 3.8) is 0 Å². The van der Waals surface area contributed by atoms with E-state index in [0.717, 1.165) is 22.3 Å². The molecule has 1 unspecified atom stereocenters. The van der Waals surface area contributed by atoms with Gasteiger partial charge in [-0.2, -0.15) is 0 Å². The van der Waals surface area contributed by atoms with E-state index in [0.29, 0.717) is 9.77 Å². The van der Waals surface area contributed by atoms with Gasteiger partial charge < -0.3 is 5.11 Å². The molecule has 0 bridgehead atoms. The highest BCUT2D eigenvalue weighted by Gasteiger charge is 2.23. The predicted octanol–water partition coefficient (Wildman–Crippen LogP) is 2.39. The molecule has 1 aromatic heterocycles. The van der Waals surface area contributed by atoms with E-state index < -0.39 is 16.1 Å². The van der Waals surface area contributed by atoms with Crippen LogP contribution in [0, 0.1) is 27.7 Å². The van der Waals surface area contributed by atoms with Crippen LogP contribution in [0.25, 0.3) is 0 Å². The van der Waals surface area contributed by atoms with Gasteiger partial charge in [0.05, 0.1) is 15.3 Å². The second-order valence-electron chi connectivity index (χ2n) is 5.36. The van der Waals surface area contributed by atoms with Gasteiger partial charge in [-0.25, -0.2) is 13.1 Å². The molecular weight excluding hydrogens is 320 g/mol. The zero-order valence-electron chi connectivity index (χ0n) is 13.0. The molecule has 0 aliphatic heterocycles. The van der Waals surface area contributed by atoms with Gasteiger partial charge in [-0.15, -0.1) is 11.3 Å². The van der Waals surface area contributed by atoms with Crippen LogP contribution in [-0.4, -0.2) is 25.1 Å². The summed E-state index contributed by atoms with van der Waals surface area (Å²) >= 11 is 1.29. The SMILES string of the molecule is Cc1cc(C)c(C)c(S(=O)(=O)NCC(O)c2cncs2)c1C. The van der Waals surface area contributed by atoms with Crippen molar-refractivity contribution in [3.8, 4) is 0 Å². The second kappa shape index (κ2) is 6.45. The van der Waals surface area contributed by atoms with Gasteiger partial charge in [0.2, 0.25) is 10.0 Å². The number of hydrogen-bond acceptors (Lipinski definition) is 5. The van der Waals surface area contributed by atoms with Crippen LogP contribution < -0.4 is 4.72 Å². The Morgan fingerprint density at radius 3 is 2.32 bits per heavy atom. The number of aromatic nitrogens is 1. The number of benzene rings is 1. The summed E-state index contributed by atoms with van der Waals surface area (Å²) in [5, 5.41) is 10.0. The number of rotatable bonds is 5. The van der Waals surface area contributed by atoms with Crippen molar-refractivity contribution < 1.29 is 13.5 Å². The summed E-state index contributed by atoms with van der Waals surface area (Å²) in [7, 11) is -3.68. The molecule has 2 aromatic rings. The van der Waals surface area contributed by atoms with Crippen molar-refractivity contribution in [1.82, 2.24) is 9.71 Å². The Morgan fingerprint density at radius 1 is 1.23 bits per heavy atom. The molecule has 22 heavy (non-hydrogen) atoms. The lowest BCUT2D eigenvalue weighted by Gasteiger charge is -2.17. The highest BCUT2D eigenvalue weighted by molar-refractivity contribution is 7.89. The summed E-state index contributed by atoms with van der Waals surface area (Å²) in [6.45, 7) is 7.32. The first-order chi connectivity index (χ1) is 10.2. The number of sulfonamides is 1. The molecule has 1 aromatic carbocycles. The van der Waals surface area contributed by atoms with E-state index in [2.05, 4.69) is 9.71 Å². The third-order valence-corrected chi connectivity index (χ3v) is 6.39. The maximum atomic E-state index is 12.6.